The van der Waals surface area contributed by atoms with Crippen LogP contribution in [0.3, 0.4) is 0 Å². The summed E-state index contributed by atoms with van der Waals surface area (Å²) in [6.07, 6.45) is 1.40. The lowest BCUT2D eigenvalue weighted by Crippen LogP contribution is -2.41. The highest BCUT2D eigenvalue weighted by Crippen LogP contribution is 2.31. The van der Waals surface area contributed by atoms with Crippen LogP contribution in [0, 0.1) is 6.92 Å². The highest BCUT2D eigenvalue weighted by atomic mass is 79.9. The van der Waals surface area contributed by atoms with E-state index in [0.717, 1.165) is 21.6 Å². The Morgan fingerprint density at radius 1 is 1.21 bits per heavy atom. The third-order valence-electron chi connectivity index (χ3n) is 4.70. The molecule has 6 nitrogen and oxygen atoms in total. The monoisotopic (exact) mass is 441 g/mol. The van der Waals surface area contributed by atoms with Crippen molar-refractivity contribution >= 4 is 21.8 Å². The molecule has 1 aromatic heterocycles. The summed E-state index contributed by atoms with van der Waals surface area (Å²) in [7, 11) is 1.77. The number of likely N-dealkylation sites (N-methyl/N-ethyl adjacent to an activating group) is 1. The van der Waals surface area contributed by atoms with Crippen molar-refractivity contribution in [2.45, 2.75) is 13.0 Å². The summed E-state index contributed by atoms with van der Waals surface area (Å²) < 4.78 is 14.5. The van der Waals surface area contributed by atoms with Crippen molar-refractivity contribution in [2.24, 2.45) is 0 Å². The van der Waals surface area contributed by atoms with Crippen molar-refractivity contribution in [3.05, 3.63) is 70.5 Å². The summed E-state index contributed by atoms with van der Waals surface area (Å²) >= 11 is 3.43. The molecule has 1 atom stereocenters. The molecule has 0 aliphatic carbocycles. The zero-order valence-electron chi connectivity index (χ0n) is 15.6. The Labute approximate surface area is 171 Å². The van der Waals surface area contributed by atoms with Gasteiger partial charge in [0.2, 0.25) is 0 Å². The van der Waals surface area contributed by atoms with Gasteiger partial charge in [0.25, 0.3) is 5.91 Å². The van der Waals surface area contributed by atoms with Crippen LogP contribution in [0.2, 0.25) is 0 Å². The molecule has 0 unspecified atom stereocenters. The number of ether oxygens (including phenoxy) is 2. The van der Waals surface area contributed by atoms with E-state index in [9.17, 15) is 4.79 Å². The van der Waals surface area contributed by atoms with Crippen LogP contribution in [0.1, 0.15) is 16.1 Å². The number of aromatic nitrogens is 2. The van der Waals surface area contributed by atoms with Gasteiger partial charge in [0.1, 0.15) is 6.61 Å². The molecule has 0 saturated heterocycles. The summed E-state index contributed by atoms with van der Waals surface area (Å²) in [5.41, 5.74) is 2.27. The summed E-state index contributed by atoms with van der Waals surface area (Å²) in [4.78, 5) is 14.6. The molecule has 3 aromatic rings. The van der Waals surface area contributed by atoms with E-state index in [0.29, 0.717) is 24.5 Å². The van der Waals surface area contributed by atoms with Crippen molar-refractivity contribution in [2.75, 3.05) is 20.2 Å². The highest BCUT2D eigenvalue weighted by molar-refractivity contribution is 9.10. The second-order valence-corrected chi connectivity index (χ2v) is 7.63. The van der Waals surface area contributed by atoms with Crippen LogP contribution in [0.15, 0.2) is 59.2 Å². The molecule has 0 fully saturated rings. The van der Waals surface area contributed by atoms with Gasteiger partial charge in [-0.15, -0.1) is 0 Å². The Morgan fingerprint density at radius 3 is 2.68 bits per heavy atom. The number of hydrogen-bond donors (Lipinski definition) is 0. The van der Waals surface area contributed by atoms with Crippen LogP contribution in [-0.2, 0) is 0 Å². The number of hydrogen-bond acceptors (Lipinski definition) is 4. The Morgan fingerprint density at radius 2 is 1.93 bits per heavy atom. The van der Waals surface area contributed by atoms with E-state index in [1.54, 1.807) is 22.8 Å². The van der Waals surface area contributed by atoms with Gasteiger partial charge in [0.15, 0.2) is 17.6 Å². The van der Waals surface area contributed by atoms with E-state index >= 15 is 0 Å². The average molecular weight is 442 g/mol. The highest BCUT2D eigenvalue weighted by Gasteiger charge is 2.25. The third-order valence-corrected chi connectivity index (χ3v) is 5.23. The van der Waals surface area contributed by atoms with Gasteiger partial charge >= 0.3 is 0 Å². The van der Waals surface area contributed by atoms with Gasteiger partial charge in [-0.1, -0.05) is 28.1 Å². The first kappa shape index (κ1) is 18.6. The molecule has 28 heavy (non-hydrogen) atoms. The second-order valence-electron chi connectivity index (χ2n) is 6.72. The topological polar surface area (TPSA) is 56.6 Å². The minimum Gasteiger partial charge on any atom is -0.486 e. The van der Waals surface area contributed by atoms with Crippen LogP contribution in [-0.4, -0.2) is 46.9 Å². The second kappa shape index (κ2) is 7.67. The molecule has 0 N–H and O–H groups in total. The number of nitrogens with zero attached hydrogens (tertiary/aromatic N) is 3. The Hall–Kier alpha value is -2.80. The quantitative estimate of drug-likeness (QED) is 0.616. The van der Waals surface area contributed by atoms with E-state index in [4.69, 9.17) is 9.47 Å². The molecule has 1 amide bonds. The Kier molecular flexibility index (Phi) is 5.09. The standard InChI is InChI=1S/C21H20BrN3O3/c1-14-18(11-23-25(14)16-9-7-15(22)8-10-16)21(26)24(2)12-17-13-27-19-5-3-4-6-20(19)28-17/h3-11,17H,12-13H2,1-2H3/t17-/m0/s1. The molecule has 0 saturated carbocycles. The predicted molar refractivity (Wildman–Crippen MR) is 109 cm³/mol. The Bertz CT molecular complexity index is 1000. The maximum atomic E-state index is 13.0. The number of halogens is 1. The summed E-state index contributed by atoms with van der Waals surface area (Å²) in [6, 6.07) is 15.4. The summed E-state index contributed by atoms with van der Waals surface area (Å²) in [6.45, 7) is 2.73. The van der Waals surface area contributed by atoms with Gasteiger partial charge in [-0.05, 0) is 43.3 Å². The molecule has 144 valence electrons. The van der Waals surface area contributed by atoms with Crippen molar-refractivity contribution in [1.82, 2.24) is 14.7 Å². The number of benzene rings is 2. The van der Waals surface area contributed by atoms with Gasteiger partial charge in [-0.3, -0.25) is 4.79 Å². The maximum absolute atomic E-state index is 13.0. The number of fused-ring (bicyclic) bond motifs is 1. The molecule has 0 radical (unpaired) electrons. The molecule has 1 aliphatic heterocycles. The predicted octanol–water partition coefficient (Wildman–Crippen LogP) is 3.86. The molecule has 0 spiro atoms. The van der Waals surface area contributed by atoms with Crippen molar-refractivity contribution in [3.8, 4) is 17.2 Å². The Balaban J connectivity index is 1.47. The normalized spacial score (nSPS) is 15.3. The molecular formula is C21H20BrN3O3. The molecule has 2 aromatic carbocycles. The van der Waals surface area contributed by atoms with Crippen LogP contribution in [0.4, 0.5) is 0 Å². The summed E-state index contributed by atoms with van der Waals surface area (Å²) in [5, 5.41) is 4.39. The largest absolute Gasteiger partial charge is 0.486 e. The zero-order valence-corrected chi connectivity index (χ0v) is 17.2. The van der Waals surface area contributed by atoms with Gasteiger partial charge < -0.3 is 14.4 Å². The number of carbonyl (C=O) groups excluding carboxylic acids is 1. The van der Waals surface area contributed by atoms with Crippen LogP contribution >= 0.6 is 15.9 Å². The minimum atomic E-state index is -0.217. The number of amides is 1. The minimum absolute atomic E-state index is 0.0941. The number of carbonyl (C=O) groups is 1. The van der Waals surface area contributed by atoms with E-state index < -0.39 is 0 Å². The van der Waals surface area contributed by atoms with E-state index in [-0.39, 0.29) is 12.0 Å². The van der Waals surface area contributed by atoms with Crippen LogP contribution in [0.25, 0.3) is 5.69 Å². The fraction of sp³-hybridized carbons (Fsp3) is 0.238. The van der Waals surface area contributed by atoms with Gasteiger partial charge in [-0.25, -0.2) is 4.68 Å². The van der Waals surface area contributed by atoms with Gasteiger partial charge in [-0.2, -0.15) is 5.10 Å². The van der Waals surface area contributed by atoms with E-state index in [1.807, 2.05) is 55.5 Å². The molecular weight excluding hydrogens is 422 g/mol. The van der Waals surface area contributed by atoms with E-state index in [2.05, 4.69) is 21.0 Å². The first-order chi connectivity index (χ1) is 13.5. The van der Waals surface area contributed by atoms with Gasteiger partial charge in [0, 0.05) is 11.5 Å². The number of para-hydroxylation sites is 2. The third kappa shape index (κ3) is 3.62. The van der Waals surface area contributed by atoms with Crippen molar-refractivity contribution < 1.29 is 14.3 Å². The molecule has 7 heteroatoms. The lowest BCUT2D eigenvalue weighted by Gasteiger charge is -2.29. The van der Waals surface area contributed by atoms with Crippen LogP contribution in [0.5, 0.6) is 11.5 Å². The lowest BCUT2D eigenvalue weighted by molar-refractivity contribution is 0.0520. The maximum Gasteiger partial charge on any atom is 0.257 e. The first-order valence-corrected chi connectivity index (χ1v) is 9.77. The lowest BCUT2D eigenvalue weighted by atomic mass is 10.2. The average Bonchev–Trinajstić information content (AvgIpc) is 3.09. The van der Waals surface area contributed by atoms with Crippen LogP contribution < -0.4 is 9.47 Å². The van der Waals surface area contributed by atoms with Crippen molar-refractivity contribution in [1.29, 1.82) is 0 Å². The molecule has 1 aliphatic rings. The fourth-order valence-electron chi connectivity index (χ4n) is 3.21. The SMILES string of the molecule is Cc1c(C(=O)N(C)C[C@H]2COc3ccccc3O2)cnn1-c1ccc(Br)cc1. The molecule has 2 heterocycles. The molecule has 4 rings (SSSR count). The first-order valence-electron chi connectivity index (χ1n) is 8.97. The van der Waals surface area contributed by atoms with E-state index in [1.165, 1.54) is 0 Å². The number of rotatable bonds is 4. The summed E-state index contributed by atoms with van der Waals surface area (Å²) in [5.74, 6) is 1.35. The molecule has 0 bridgehead atoms. The van der Waals surface area contributed by atoms with Crippen molar-refractivity contribution in [3.63, 3.8) is 0 Å². The van der Waals surface area contributed by atoms with Gasteiger partial charge in [0.05, 0.1) is 29.7 Å². The fourth-order valence-corrected chi connectivity index (χ4v) is 3.47. The smallest absolute Gasteiger partial charge is 0.257 e. The zero-order chi connectivity index (χ0) is 19.7.